The number of carbonyl (C=O) groups is 2. The van der Waals surface area contributed by atoms with E-state index in [2.05, 4.69) is 16.2 Å². The summed E-state index contributed by atoms with van der Waals surface area (Å²) in [7, 11) is 0. The number of para-hydroxylation sites is 2. The van der Waals surface area contributed by atoms with E-state index in [1.54, 1.807) is 48.5 Å². The number of benzene rings is 3. The summed E-state index contributed by atoms with van der Waals surface area (Å²) in [6.07, 6.45) is 0. The van der Waals surface area contributed by atoms with Crippen molar-refractivity contribution < 1.29 is 19.4 Å². The smallest absolute Gasteiger partial charge is 0.307 e. The van der Waals surface area contributed by atoms with Crippen molar-refractivity contribution in [2.45, 2.75) is 0 Å². The van der Waals surface area contributed by atoms with Crippen LogP contribution in [0, 0.1) is 20.2 Å². The fourth-order valence-electron chi connectivity index (χ4n) is 2.67. The van der Waals surface area contributed by atoms with Gasteiger partial charge in [-0.25, -0.2) is 14.5 Å². The molecule has 0 saturated carbocycles. The number of hydrogen-bond donors (Lipinski definition) is 3. The molecule has 0 aliphatic heterocycles. The van der Waals surface area contributed by atoms with Crippen LogP contribution in [-0.4, -0.2) is 21.9 Å². The van der Waals surface area contributed by atoms with Gasteiger partial charge in [0, 0.05) is 11.8 Å². The van der Waals surface area contributed by atoms with Gasteiger partial charge in [-0.15, -0.1) is 0 Å². The number of carbonyl (C=O) groups excluding carboxylic acids is 2. The Morgan fingerprint density at radius 2 is 1.41 bits per heavy atom. The zero-order valence-electron chi connectivity index (χ0n) is 16.3. The number of hydrazine groups is 1. The van der Waals surface area contributed by atoms with Crippen molar-refractivity contribution in [3.63, 3.8) is 0 Å². The van der Waals surface area contributed by atoms with E-state index in [9.17, 15) is 29.8 Å². The third-order valence-electron chi connectivity index (χ3n) is 4.14. The van der Waals surface area contributed by atoms with Crippen LogP contribution in [0.25, 0.3) is 0 Å². The molecular weight excluding hydrogens is 420 g/mol. The predicted octanol–water partition coefficient (Wildman–Crippen LogP) is 4.28. The highest BCUT2D eigenvalue weighted by molar-refractivity contribution is 6.18. The van der Waals surface area contributed by atoms with Gasteiger partial charge in [-0.05, 0) is 30.3 Å². The molecule has 0 atom stereocenters. The number of imide groups is 1. The van der Waals surface area contributed by atoms with E-state index in [4.69, 9.17) is 0 Å². The third-order valence-corrected chi connectivity index (χ3v) is 4.14. The topological polar surface area (TPSA) is 160 Å². The summed E-state index contributed by atoms with van der Waals surface area (Å²) in [5.74, 6) is 0. The molecule has 3 N–H and O–H groups in total. The van der Waals surface area contributed by atoms with Crippen LogP contribution in [0.1, 0.15) is 0 Å². The second kappa shape index (κ2) is 9.67. The molecule has 162 valence electrons. The van der Waals surface area contributed by atoms with E-state index in [-0.39, 0.29) is 11.4 Å². The number of rotatable bonds is 6. The Morgan fingerprint density at radius 1 is 0.781 bits per heavy atom. The Labute approximate surface area is 180 Å². The van der Waals surface area contributed by atoms with E-state index < -0.39 is 33.3 Å². The summed E-state index contributed by atoms with van der Waals surface area (Å²) in [5.41, 5.74) is 3.92. The monoisotopic (exact) mass is 436 g/mol. The zero-order chi connectivity index (χ0) is 23.1. The molecule has 4 amide bonds. The molecule has 32 heavy (non-hydrogen) atoms. The number of nitrogens with zero attached hydrogens (tertiary/aromatic N) is 3. The van der Waals surface area contributed by atoms with Crippen LogP contribution in [0.2, 0.25) is 0 Å². The zero-order valence-corrected chi connectivity index (χ0v) is 16.3. The molecule has 3 rings (SSSR count). The van der Waals surface area contributed by atoms with E-state index in [0.717, 1.165) is 23.1 Å². The lowest BCUT2D eigenvalue weighted by Gasteiger charge is -2.22. The van der Waals surface area contributed by atoms with Gasteiger partial charge in [0.1, 0.15) is 5.69 Å². The molecule has 0 saturated heterocycles. The largest absolute Gasteiger partial charge is 0.348 e. The SMILES string of the molecule is O=C(NNc1ccc([N+](=O)[O-])cc1[N+](=O)[O-])N(C(=O)Nc1ccccc1)c1ccccc1. The lowest BCUT2D eigenvalue weighted by molar-refractivity contribution is -0.393. The minimum atomic E-state index is -0.947. The Kier molecular flexibility index (Phi) is 6.56. The summed E-state index contributed by atoms with van der Waals surface area (Å²) >= 11 is 0. The van der Waals surface area contributed by atoms with Gasteiger partial charge in [0.05, 0.1) is 21.6 Å². The van der Waals surface area contributed by atoms with Crippen LogP contribution in [-0.2, 0) is 0 Å². The van der Waals surface area contributed by atoms with Crippen LogP contribution in [0.5, 0.6) is 0 Å². The third kappa shape index (κ3) is 5.13. The first kappa shape index (κ1) is 21.7. The highest BCUT2D eigenvalue weighted by Crippen LogP contribution is 2.28. The first-order valence-electron chi connectivity index (χ1n) is 9.07. The molecule has 0 fully saturated rings. The fourth-order valence-corrected chi connectivity index (χ4v) is 2.67. The maximum absolute atomic E-state index is 12.8. The summed E-state index contributed by atoms with van der Waals surface area (Å²) in [5, 5.41) is 24.7. The van der Waals surface area contributed by atoms with Crippen molar-refractivity contribution >= 4 is 40.5 Å². The van der Waals surface area contributed by atoms with Crippen molar-refractivity contribution in [2.24, 2.45) is 0 Å². The minimum absolute atomic E-state index is 0.203. The number of nitrogens with one attached hydrogen (secondary N) is 3. The van der Waals surface area contributed by atoms with Gasteiger partial charge in [0.2, 0.25) is 0 Å². The second-order valence-electron chi connectivity index (χ2n) is 6.24. The predicted molar refractivity (Wildman–Crippen MR) is 116 cm³/mol. The Hall–Kier alpha value is -5.00. The molecule has 0 unspecified atom stereocenters. The van der Waals surface area contributed by atoms with Crippen LogP contribution in [0.4, 0.5) is 38.0 Å². The Bertz CT molecular complexity index is 1160. The molecule has 0 radical (unpaired) electrons. The van der Waals surface area contributed by atoms with Crippen molar-refractivity contribution in [1.82, 2.24) is 5.43 Å². The lowest BCUT2D eigenvalue weighted by atomic mass is 10.2. The summed E-state index contributed by atoms with van der Waals surface area (Å²) in [6, 6.07) is 17.6. The number of nitro benzene ring substituents is 2. The highest BCUT2D eigenvalue weighted by Gasteiger charge is 2.25. The quantitative estimate of drug-likeness (QED) is 0.384. The van der Waals surface area contributed by atoms with Crippen molar-refractivity contribution in [3.05, 3.63) is 99.1 Å². The summed E-state index contributed by atoms with van der Waals surface area (Å²) in [4.78, 5) is 46.9. The van der Waals surface area contributed by atoms with Crippen LogP contribution >= 0.6 is 0 Å². The van der Waals surface area contributed by atoms with Gasteiger partial charge >= 0.3 is 17.7 Å². The highest BCUT2D eigenvalue weighted by atomic mass is 16.6. The molecular formula is C20H16N6O6. The molecule has 12 nitrogen and oxygen atoms in total. The van der Waals surface area contributed by atoms with Gasteiger partial charge in [-0.2, -0.15) is 0 Å². The van der Waals surface area contributed by atoms with Gasteiger partial charge in [-0.3, -0.25) is 31.1 Å². The van der Waals surface area contributed by atoms with Gasteiger partial charge in [-0.1, -0.05) is 36.4 Å². The number of urea groups is 2. The lowest BCUT2D eigenvalue weighted by Crippen LogP contribution is -2.48. The fraction of sp³-hybridized carbons (Fsp3) is 0. The van der Waals surface area contributed by atoms with Gasteiger partial charge in [0.25, 0.3) is 5.69 Å². The van der Waals surface area contributed by atoms with E-state index in [0.29, 0.717) is 5.69 Å². The van der Waals surface area contributed by atoms with Gasteiger partial charge in [0.15, 0.2) is 0 Å². The number of nitro groups is 2. The molecule has 0 heterocycles. The molecule has 12 heteroatoms. The number of hydrogen-bond acceptors (Lipinski definition) is 7. The molecule has 3 aromatic rings. The maximum atomic E-state index is 12.8. The molecule has 0 aromatic heterocycles. The van der Waals surface area contributed by atoms with Crippen molar-refractivity contribution in [1.29, 1.82) is 0 Å². The van der Waals surface area contributed by atoms with Crippen LogP contribution in [0.15, 0.2) is 78.9 Å². The van der Waals surface area contributed by atoms with Crippen LogP contribution in [0.3, 0.4) is 0 Å². The minimum Gasteiger partial charge on any atom is -0.307 e. The molecule has 0 spiro atoms. The van der Waals surface area contributed by atoms with E-state index in [1.165, 1.54) is 12.1 Å². The Morgan fingerprint density at radius 3 is 2.00 bits per heavy atom. The van der Waals surface area contributed by atoms with Crippen molar-refractivity contribution in [3.8, 4) is 0 Å². The van der Waals surface area contributed by atoms with Crippen LogP contribution < -0.4 is 21.1 Å². The average Bonchev–Trinajstić information content (AvgIpc) is 2.79. The Balaban J connectivity index is 1.82. The van der Waals surface area contributed by atoms with Gasteiger partial charge < -0.3 is 5.32 Å². The summed E-state index contributed by atoms with van der Waals surface area (Å²) in [6.45, 7) is 0. The first-order valence-corrected chi connectivity index (χ1v) is 9.07. The number of anilines is 3. The standard InChI is InChI=1S/C20H16N6O6/c27-19(21-14-7-3-1-4-8-14)24(15-9-5-2-6-10-15)20(28)23-22-17-12-11-16(25(29)30)13-18(17)26(31)32/h1-13,22H,(H,21,27)(H,23,28). The molecule has 3 aromatic carbocycles. The first-order chi connectivity index (χ1) is 15.4. The molecule has 0 aliphatic rings. The normalized spacial score (nSPS) is 10.0. The molecule has 0 bridgehead atoms. The number of non-ortho nitro benzene ring substituents is 1. The number of amides is 4. The van der Waals surface area contributed by atoms with E-state index in [1.807, 2.05) is 0 Å². The summed E-state index contributed by atoms with van der Waals surface area (Å²) < 4.78 is 0. The van der Waals surface area contributed by atoms with E-state index >= 15 is 0 Å². The van der Waals surface area contributed by atoms with Crippen molar-refractivity contribution in [2.75, 3.05) is 15.6 Å². The average molecular weight is 436 g/mol. The second-order valence-corrected chi connectivity index (χ2v) is 6.24. The maximum Gasteiger partial charge on any atom is 0.348 e. The molecule has 0 aliphatic carbocycles.